The van der Waals surface area contributed by atoms with Crippen LogP contribution in [0.5, 0.6) is 5.75 Å². The molecular weight excluding hydrogens is 448 g/mol. The summed E-state index contributed by atoms with van der Waals surface area (Å²) in [6.45, 7) is 4.21. The molecule has 34 heavy (non-hydrogen) atoms. The van der Waals surface area contributed by atoms with Crippen LogP contribution in [0.3, 0.4) is 0 Å². The van der Waals surface area contributed by atoms with Crippen LogP contribution in [0, 0.1) is 11.3 Å². The van der Waals surface area contributed by atoms with Gasteiger partial charge in [-0.3, -0.25) is 14.2 Å². The molecule has 0 aliphatic heterocycles. The Bertz CT molecular complexity index is 1420. The highest BCUT2D eigenvalue weighted by Gasteiger charge is 2.20. The number of ether oxygens (including phenoxy) is 1. The van der Waals surface area contributed by atoms with Gasteiger partial charge in [0.2, 0.25) is 5.91 Å². The van der Waals surface area contributed by atoms with Crippen LogP contribution in [0.15, 0.2) is 82.7 Å². The first-order valence-electron chi connectivity index (χ1n) is 10.7. The van der Waals surface area contributed by atoms with Gasteiger partial charge in [0.15, 0.2) is 5.16 Å². The Kier molecular flexibility index (Phi) is 6.95. The Morgan fingerprint density at radius 1 is 1.12 bits per heavy atom. The van der Waals surface area contributed by atoms with Crippen molar-refractivity contribution < 1.29 is 9.53 Å². The molecule has 0 aliphatic rings. The summed E-state index contributed by atoms with van der Waals surface area (Å²) in [7, 11) is 0. The number of hydrogen-bond acceptors (Lipinski definition) is 6. The molecule has 170 valence electrons. The average molecular weight is 471 g/mol. The molecule has 0 spiro atoms. The molecule has 0 radical (unpaired) electrons. The van der Waals surface area contributed by atoms with Gasteiger partial charge in [-0.25, -0.2) is 4.98 Å². The molecule has 1 heterocycles. The molecule has 1 N–H and O–H groups in total. The normalized spacial score (nSPS) is 11.6. The predicted octanol–water partition coefficient (Wildman–Crippen LogP) is 4.78. The molecule has 1 unspecified atom stereocenters. The molecule has 4 rings (SSSR count). The zero-order valence-corrected chi connectivity index (χ0v) is 19.5. The van der Waals surface area contributed by atoms with E-state index in [1.54, 1.807) is 73.7 Å². The van der Waals surface area contributed by atoms with Gasteiger partial charge in [-0.2, -0.15) is 5.26 Å². The van der Waals surface area contributed by atoms with E-state index >= 15 is 0 Å². The maximum atomic E-state index is 13.4. The number of carbonyl (C=O) groups excluding carboxylic acids is 1. The molecule has 0 fully saturated rings. The third-order valence-electron chi connectivity index (χ3n) is 5.08. The molecule has 1 atom stereocenters. The number of fused-ring (bicyclic) bond motifs is 1. The van der Waals surface area contributed by atoms with Crippen molar-refractivity contribution in [3.05, 3.63) is 88.7 Å². The van der Waals surface area contributed by atoms with Gasteiger partial charge in [-0.1, -0.05) is 23.9 Å². The number of thioether (sulfide) groups is 1. The lowest BCUT2D eigenvalue weighted by Crippen LogP contribution is -2.26. The zero-order valence-electron chi connectivity index (χ0n) is 18.7. The maximum absolute atomic E-state index is 13.4. The van der Waals surface area contributed by atoms with Crippen molar-refractivity contribution in [3.8, 4) is 17.5 Å². The van der Waals surface area contributed by atoms with Gasteiger partial charge in [-0.05, 0) is 74.5 Å². The lowest BCUT2D eigenvalue weighted by molar-refractivity contribution is -0.115. The summed E-state index contributed by atoms with van der Waals surface area (Å²) in [5, 5.41) is 12.1. The summed E-state index contributed by atoms with van der Waals surface area (Å²) in [6, 6.07) is 23.0. The number of aromatic nitrogens is 2. The van der Waals surface area contributed by atoms with Gasteiger partial charge in [0.25, 0.3) is 5.56 Å². The minimum atomic E-state index is -0.544. The standard InChI is InChI=1S/C26H22N4O3S/c1-3-33-21-14-12-20(13-15-21)30-25(32)22-6-4-5-7-23(22)29-26(30)34-17(2)24(31)28-19-10-8-18(16-27)9-11-19/h4-15,17H,3H2,1-2H3,(H,28,31). The van der Waals surface area contributed by atoms with Crippen molar-refractivity contribution in [1.29, 1.82) is 5.26 Å². The van der Waals surface area contributed by atoms with Gasteiger partial charge in [-0.15, -0.1) is 0 Å². The largest absolute Gasteiger partial charge is 0.494 e. The molecule has 8 heteroatoms. The first-order valence-corrected chi connectivity index (χ1v) is 11.6. The first kappa shape index (κ1) is 23.1. The fraction of sp³-hybridized carbons (Fsp3) is 0.154. The van der Waals surface area contributed by atoms with Crippen LogP contribution < -0.4 is 15.6 Å². The second-order valence-electron chi connectivity index (χ2n) is 7.42. The molecule has 3 aromatic carbocycles. The van der Waals surface area contributed by atoms with E-state index in [4.69, 9.17) is 15.0 Å². The van der Waals surface area contributed by atoms with E-state index < -0.39 is 5.25 Å². The molecule has 0 aliphatic carbocycles. The molecule has 1 amide bonds. The van der Waals surface area contributed by atoms with Gasteiger partial charge in [0.05, 0.1) is 40.1 Å². The number of amides is 1. The quantitative estimate of drug-likeness (QED) is 0.309. The van der Waals surface area contributed by atoms with Crippen molar-refractivity contribution in [2.45, 2.75) is 24.3 Å². The minimum absolute atomic E-state index is 0.211. The van der Waals surface area contributed by atoms with E-state index in [-0.39, 0.29) is 11.5 Å². The topological polar surface area (TPSA) is 97.0 Å². The Morgan fingerprint density at radius 2 is 1.82 bits per heavy atom. The second kappa shape index (κ2) is 10.2. The van der Waals surface area contributed by atoms with E-state index in [1.165, 1.54) is 16.3 Å². The van der Waals surface area contributed by atoms with E-state index in [0.717, 1.165) is 0 Å². The highest BCUT2D eigenvalue weighted by Crippen LogP contribution is 2.27. The van der Waals surface area contributed by atoms with Crippen LogP contribution in [-0.4, -0.2) is 27.3 Å². The number of carbonyl (C=O) groups is 1. The van der Waals surface area contributed by atoms with Gasteiger partial charge < -0.3 is 10.1 Å². The Morgan fingerprint density at radius 3 is 2.50 bits per heavy atom. The zero-order chi connectivity index (χ0) is 24.1. The van der Waals surface area contributed by atoms with E-state index in [1.807, 2.05) is 19.1 Å². The SMILES string of the molecule is CCOc1ccc(-n2c(SC(C)C(=O)Nc3ccc(C#N)cc3)nc3ccccc3c2=O)cc1. The summed E-state index contributed by atoms with van der Waals surface area (Å²) in [6.07, 6.45) is 0. The molecule has 0 saturated carbocycles. The molecule has 1 aromatic heterocycles. The predicted molar refractivity (Wildman–Crippen MR) is 134 cm³/mol. The van der Waals surface area contributed by atoms with Gasteiger partial charge in [0.1, 0.15) is 5.75 Å². The van der Waals surface area contributed by atoms with Crippen LogP contribution in [0.2, 0.25) is 0 Å². The molecule has 0 bridgehead atoms. The third-order valence-corrected chi connectivity index (χ3v) is 6.14. The van der Waals surface area contributed by atoms with Crippen LogP contribution >= 0.6 is 11.8 Å². The number of nitrogens with one attached hydrogen (secondary N) is 1. The highest BCUT2D eigenvalue weighted by molar-refractivity contribution is 8.00. The van der Waals surface area contributed by atoms with E-state index in [0.29, 0.717) is 45.4 Å². The fourth-order valence-electron chi connectivity index (χ4n) is 3.36. The molecule has 4 aromatic rings. The van der Waals surface area contributed by atoms with Crippen molar-refractivity contribution in [3.63, 3.8) is 0 Å². The number of para-hydroxylation sites is 1. The Balaban J connectivity index is 1.67. The molecule has 0 saturated heterocycles. The number of hydrogen-bond donors (Lipinski definition) is 1. The number of anilines is 1. The van der Waals surface area contributed by atoms with Crippen LogP contribution in [0.4, 0.5) is 5.69 Å². The monoisotopic (exact) mass is 470 g/mol. The highest BCUT2D eigenvalue weighted by atomic mass is 32.2. The number of benzene rings is 3. The Hall–Kier alpha value is -4.09. The van der Waals surface area contributed by atoms with Crippen molar-refractivity contribution in [2.24, 2.45) is 0 Å². The summed E-state index contributed by atoms with van der Waals surface area (Å²) in [5.74, 6) is 0.466. The Labute approximate surface area is 201 Å². The number of nitriles is 1. The average Bonchev–Trinajstić information content (AvgIpc) is 2.85. The van der Waals surface area contributed by atoms with E-state index in [2.05, 4.69) is 5.32 Å². The lowest BCUT2D eigenvalue weighted by atomic mass is 10.2. The van der Waals surface area contributed by atoms with Crippen LogP contribution in [0.25, 0.3) is 16.6 Å². The number of nitrogens with zero attached hydrogens (tertiary/aromatic N) is 3. The van der Waals surface area contributed by atoms with Crippen LogP contribution in [0.1, 0.15) is 19.4 Å². The third kappa shape index (κ3) is 4.95. The molecular formula is C26H22N4O3S. The summed E-state index contributed by atoms with van der Waals surface area (Å²) >= 11 is 1.20. The number of rotatable bonds is 7. The lowest BCUT2D eigenvalue weighted by Gasteiger charge is -2.17. The summed E-state index contributed by atoms with van der Waals surface area (Å²) in [5.41, 5.74) is 2.09. The van der Waals surface area contributed by atoms with Gasteiger partial charge >= 0.3 is 0 Å². The van der Waals surface area contributed by atoms with Crippen molar-refractivity contribution >= 4 is 34.3 Å². The fourth-order valence-corrected chi connectivity index (χ4v) is 4.29. The smallest absolute Gasteiger partial charge is 0.266 e. The molecule has 7 nitrogen and oxygen atoms in total. The van der Waals surface area contributed by atoms with Gasteiger partial charge in [0, 0.05) is 5.69 Å². The van der Waals surface area contributed by atoms with Crippen molar-refractivity contribution in [1.82, 2.24) is 9.55 Å². The summed E-state index contributed by atoms with van der Waals surface area (Å²) in [4.78, 5) is 31.0. The summed E-state index contributed by atoms with van der Waals surface area (Å²) < 4.78 is 7.04. The maximum Gasteiger partial charge on any atom is 0.266 e. The minimum Gasteiger partial charge on any atom is -0.494 e. The second-order valence-corrected chi connectivity index (χ2v) is 8.73. The van der Waals surface area contributed by atoms with Crippen LogP contribution in [-0.2, 0) is 4.79 Å². The van der Waals surface area contributed by atoms with E-state index in [9.17, 15) is 9.59 Å². The van der Waals surface area contributed by atoms with Crippen molar-refractivity contribution in [2.75, 3.05) is 11.9 Å². The first-order chi connectivity index (χ1) is 16.5.